The average molecular weight is 297 g/mol. The maximum Gasteiger partial charge on any atom is 0.229 e. The highest BCUT2D eigenvalue weighted by molar-refractivity contribution is 5.91. The van der Waals surface area contributed by atoms with Crippen LogP contribution in [0.2, 0.25) is 0 Å². The van der Waals surface area contributed by atoms with E-state index in [0.717, 1.165) is 17.6 Å². The van der Waals surface area contributed by atoms with Crippen LogP contribution in [0.15, 0.2) is 24.3 Å². The third-order valence-corrected chi connectivity index (χ3v) is 7.08. The van der Waals surface area contributed by atoms with Gasteiger partial charge < -0.3 is 10.1 Å². The Labute approximate surface area is 131 Å². The Balaban J connectivity index is 1.53. The molecular weight excluding hydrogens is 274 g/mol. The first-order valence-electron chi connectivity index (χ1n) is 8.66. The van der Waals surface area contributed by atoms with Gasteiger partial charge in [0.05, 0.1) is 18.6 Å². The molecule has 1 atom stereocenters. The average Bonchev–Trinajstić information content (AvgIpc) is 2.52. The summed E-state index contributed by atoms with van der Waals surface area (Å²) in [4.78, 5) is 12.7. The van der Waals surface area contributed by atoms with E-state index in [0.29, 0.717) is 17.7 Å². The van der Waals surface area contributed by atoms with E-state index in [1.54, 1.807) is 7.11 Å². The summed E-state index contributed by atoms with van der Waals surface area (Å²) in [7, 11) is 1.69. The number of rotatable bonds is 2. The lowest BCUT2D eigenvalue weighted by Gasteiger charge is -2.66. The van der Waals surface area contributed by atoms with Crippen molar-refractivity contribution < 1.29 is 9.53 Å². The fourth-order valence-corrected chi connectivity index (χ4v) is 6.39. The van der Waals surface area contributed by atoms with Gasteiger partial charge in [0.25, 0.3) is 0 Å². The number of carbonyl (C=O) groups is 1. The van der Waals surface area contributed by atoms with E-state index < -0.39 is 0 Å². The highest BCUT2D eigenvalue weighted by Gasteiger charge is 2.69. The molecule has 3 nitrogen and oxygen atoms in total. The van der Waals surface area contributed by atoms with Crippen LogP contribution >= 0.6 is 0 Å². The Morgan fingerprint density at radius 2 is 1.59 bits per heavy atom. The quantitative estimate of drug-likeness (QED) is 0.851. The number of carbonyl (C=O) groups excluding carboxylic acids is 1. The van der Waals surface area contributed by atoms with Crippen molar-refractivity contribution in [1.29, 1.82) is 0 Å². The molecule has 5 fully saturated rings. The lowest BCUT2D eigenvalue weighted by Crippen LogP contribution is -2.72. The molecular formula is C19H23NO2. The van der Waals surface area contributed by atoms with E-state index in [4.69, 9.17) is 4.74 Å². The highest BCUT2D eigenvalue weighted by Crippen LogP contribution is 2.68. The van der Waals surface area contributed by atoms with E-state index in [-0.39, 0.29) is 11.5 Å². The fourth-order valence-electron chi connectivity index (χ4n) is 6.39. The predicted octanol–water partition coefficient (Wildman–Crippen LogP) is 3.31. The molecule has 1 aliphatic heterocycles. The molecule has 6 rings (SSSR count). The Kier molecular flexibility index (Phi) is 2.52. The fraction of sp³-hybridized carbons (Fsp3) is 0.632. The molecule has 4 aliphatic carbocycles. The van der Waals surface area contributed by atoms with Gasteiger partial charge >= 0.3 is 0 Å². The van der Waals surface area contributed by atoms with Crippen LogP contribution in [0.5, 0.6) is 5.75 Å². The molecule has 3 heteroatoms. The topological polar surface area (TPSA) is 38.3 Å². The van der Waals surface area contributed by atoms with Gasteiger partial charge in [-0.25, -0.2) is 0 Å². The molecule has 1 saturated heterocycles. The third kappa shape index (κ3) is 1.45. The first-order valence-corrected chi connectivity index (χ1v) is 8.66. The molecule has 1 N–H and O–H groups in total. The van der Waals surface area contributed by atoms with E-state index in [1.807, 2.05) is 12.1 Å². The monoisotopic (exact) mass is 297 g/mol. The summed E-state index contributed by atoms with van der Waals surface area (Å²) in [6.07, 6.45) is 6.57. The van der Waals surface area contributed by atoms with Crippen molar-refractivity contribution >= 4 is 5.91 Å². The Bertz CT molecular complexity index is 593. The van der Waals surface area contributed by atoms with Gasteiger partial charge in [-0.3, -0.25) is 4.79 Å². The smallest absolute Gasteiger partial charge is 0.229 e. The van der Waals surface area contributed by atoms with Gasteiger partial charge in [-0.15, -0.1) is 0 Å². The summed E-state index contributed by atoms with van der Waals surface area (Å²) in [6.45, 7) is 0. The van der Waals surface area contributed by atoms with Gasteiger partial charge in [-0.1, -0.05) is 12.1 Å². The van der Waals surface area contributed by atoms with E-state index in [2.05, 4.69) is 17.4 Å². The summed E-state index contributed by atoms with van der Waals surface area (Å²) in [5.74, 6) is 4.25. The molecule has 0 radical (unpaired) electrons. The Hall–Kier alpha value is -1.51. The van der Waals surface area contributed by atoms with Crippen molar-refractivity contribution in [3.63, 3.8) is 0 Å². The molecule has 4 bridgehead atoms. The van der Waals surface area contributed by atoms with Crippen LogP contribution in [0, 0.1) is 29.1 Å². The highest BCUT2D eigenvalue weighted by atomic mass is 16.5. The van der Waals surface area contributed by atoms with Gasteiger partial charge in [0.2, 0.25) is 5.91 Å². The minimum Gasteiger partial charge on any atom is -0.497 e. The second kappa shape index (κ2) is 4.27. The van der Waals surface area contributed by atoms with E-state index >= 15 is 0 Å². The van der Waals surface area contributed by atoms with Gasteiger partial charge in [0, 0.05) is 0 Å². The number of benzene rings is 1. The van der Waals surface area contributed by atoms with Gasteiger partial charge in [-0.05, 0) is 73.5 Å². The number of methoxy groups -OCH3 is 1. The van der Waals surface area contributed by atoms with E-state index in [9.17, 15) is 4.79 Å². The minimum absolute atomic E-state index is 0.0952. The standard InChI is InChI=1S/C19H23NO2/c1-22-16-4-2-13(3-5-16)17-19(18(21)20-17)14-7-11-6-12(9-14)10-15(19)8-11/h2-5,11-12,14-15,17H,6-10H2,1H3,(H,20,21). The summed E-state index contributed by atoms with van der Waals surface area (Å²) in [6, 6.07) is 8.53. The van der Waals surface area contributed by atoms with Gasteiger partial charge in [0.15, 0.2) is 0 Å². The van der Waals surface area contributed by atoms with Crippen LogP contribution < -0.4 is 10.1 Å². The number of hydrogen-bond donors (Lipinski definition) is 1. The molecule has 4 saturated carbocycles. The van der Waals surface area contributed by atoms with Crippen LogP contribution in [0.1, 0.15) is 43.7 Å². The van der Waals surface area contributed by atoms with E-state index in [1.165, 1.54) is 37.7 Å². The first kappa shape index (κ1) is 13.0. The second-order valence-corrected chi connectivity index (χ2v) is 7.92. The summed E-state index contributed by atoms with van der Waals surface area (Å²) in [5.41, 5.74) is 1.16. The number of ether oxygens (including phenoxy) is 1. The van der Waals surface area contributed by atoms with Crippen molar-refractivity contribution in [3.05, 3.63) is 29.8 Å². The summed E-state index contributed by atoms with van der Waals surface area (Å²) in [5, 5.41) is 3.24. The number of hydrogen-bond acceptors (Lipinski definition) is 2. The second-order valence-electron chi connectivity index (χ2n) is 7.92. The lowest BCUT2D eigenvalue weighted by molar-refractivity contribution is -0.190. The van der Waals surface area contributed by atoms with Crippen LogP contribution in [-0.4, -0.2) is 13.0 Å². The normalized spacial score (nSPS) is 44.8. The van der Waals surface area contributed by atoms with Crippen molar-refractivity contribution in [2.45, 2.75) is 38.1 Å². The molecule has 22 heavy (non-hydrogen) atoms. The largest absolute Gasteiger partial charge is 0.497 e. The zero-order chi connectivity index (χ0) is 14.9. The Morgan fingerprint density at radius 3 is 2.09 bits per heavy atom. The van der Waals surface area contributed by atoms with Crippen LogP contribution in [0.25, 0.3) is 0 Å². The zero-order valence-corrected chi connectivity index (χ0v) is 13.0. The van der Waals surface area contributed by atoms with Crippen LogP contribution in [0.3, 0.4) is 0 Å². The number of nitrogens with one attached hydrogen (secondary N) is 1. The molecule has 1 spiro atoms. The zero-order valence-electron chi connectivity index (χ0n) is 13.0. The molecule has 1 unspecified atom stereocenters. The molecule has 1 amide bonds. The minimum atomic E-state index is -0.0952. The molecule has 116 valence electrons. The van der Waals surface area contributed by atoms with Crippen molar-refractivity contribution in [3.8, 4) is 5.75 Å². The molecule has 0 aromatic heterocycles. The number of β-lactam (4-membered cyclic amide) rings is 1. The van der Waals surface area contributed by atoms with Crippen LogP contribution in [0.4, 0.5) is 0 Å². The Morgan fingerprint density at radius 1 is 1.00 bits per heavy atom. The maximum absolute atomic E-state index is 12.7. The lowest BCUT2D eigenvalue weighted by atomic mass is 9.40. The summed E-state index contributed by atoms with van der Waals surface area (Å²) < 4.78 is 5.27. The third-order valence-electron chi connectivity index (χ3n) is 7.08. The first-order chi connectivity index (χ1) is 10.7. The van der Waals surface area contributed by atoms with Gasteiger partial charge in [-0.2, -0.15) is 0 Å². The maximum atomic E-state index is 12.7. The molecule has 5 aliphatic rings. The predicted molar refractivity (Wildman–Crippen MR) is 83.4 cm³/mol. The molecule has 1 heterocycles. The van der Waals surface area contributed by atoms with Crippen molar-refractivity contribution in [2.24, 2.45) is 29.1 Å². The number of amides is 1. The summed E-state index contributed by atoms with van der Waals surface area (Å²) >= 11 is 0. The SMILES string of the molecule is COc1ccc(C2NC(=O)C23C2CC4CC(C2)CC3C4)cc1. The van der Waals surface area contributed by atoms with Crippen LogP contribution in [-0.2, 0) is 4.79 Å². The van der Waals surface area contributed by atoms with Gasteiger partial charge in [0.1, 0.15) is 5.75 Å². The van der Waals surface area contributed by atoms with Crippen molar-refractivity contribution in [2.75, 3.05) is 7.11 Å². The van der Waals surface area contributed by atoms with Crippen molar-refractivity contribution in [1.82, 2.24) is 5.32 Å². The molecule has 1 aromatic carbocycles. The molecule has 1 aromatic rings.